The van der Waals surface area contributed by atoms with E-state index in [9.17, 15) is 9.59 Å². The quantitative estimate of drug-likeness (QED) is 0.664. The van der Waals surface area contributed by atoms with Crippen molar-refractivity contribution in [2.75, 3.05) is 13.2 Å². The molecule has 1 saturated heterocycles. The number of hydrogen-bond acceptors (Lipinski definition) is 5. The number of carbonyl (C=O) groups is 2. The molecule has 3 fully saturated rings. The molecule has 1 unspecified atom stereocenters. The Morgan fingerprint density at radius 1 is 1.12 bits per heavy atom. The number of amides is 1. The third kappa shape index (κ3) is 3.17. The first kappa shape index (κ1) is 21.2. The van der Waals surface area contributed by atoms with Gasteiger partial charge in [0, 0.05) is 41.6 Å². The van der Waals surface area contributed by atoms with Gasteiger partial charge in [-0.1, -0.05) is 32.0 Å². The van der Waals surface area contributed by atoms with Gasteiger partial charge in [0.05, 0.1) is 6.04 Å². The molecule has 1 aromatic carbocycles. The summed E-state index contributed by atoms with van der Waals surface area (Å²) in [7, 11) is 0. The molecule has 176 valence electrons. The number of nitrogens with one attached hydrogen (secondary N) is 2. The highest BCUT2D eigenvalue weighted by Gasteiger charge is 2.60. The van der Waals surface area contributed by atoms with Crippen LogP contribution in [0.3, 0.4) is 0 Å². The van der Waals surface area contributed by atoms with Crippen LogP contribution in [0.4, 0.5) is 0 Å². The summed E-state index contributed by atoms with van der Waals surface area (Å²) in [6, 6.07) is 7.58. The molecule has 5 aliphatic rings. The molecule has 7 atom stereocenters. The van der Waals surface area contributed by atoms with E-state index in [4.69, 9.17) is 9.78 Å². The summed E-state index contributed by atoms with van der Waals surface area (Å²) >= 11 is 0. The summed E-state index contributed by atoms with van der Waals surface area (Å²) in [5.74, 6) is 2.80. The fourth-order valence-electron chi connectivity index (χ4n) is 8.07. The zero-order valence-electron chi connectivity index (χ0n) is 19.6. The number of para-hydroxylation sites is 1. The largest absolute Gasteiger partial charge is 0.387 e. The summed E-state index contributed by atoms with van der Waals surface area (Å²) in [4.78, 5) is 36.2. The van der Waals surface area contributed by atoms with Crippen LogP contribution in [0, 0.1) is 34.5 Å². The van der Waals surface area contributed by atoms with E-state index < -0.39 is 0 Å². The van der Waals surface area contributed by atoms with Crippen LogP contribution in [0.25, 0.3) is 0 Å². The van der Waals surface area contributed by atoms with Crippen LogP contribution in [0.15, 0.2) is 36.0 Å². The van der Waals surface area contributed by atoms with Crippen molar-refractivity contribution in [2.24, 2.45) is 34.5 Å². The van der Waals surface area contributed by atoms with Crippen LogP contribution in [-0.2, 0) is 14.5 Å². The van der Waals surface area contributed by atoms with Crippen molar-refractivity contribution in [3.63, 3.8) is 0 Å². The third-order valence-electron chi connectivity index (χ3n) is 9.91. The van der Waals surface area contributed by atoms with E-state index in [1.165, 1.54) is 0 Å². The van der Waals surface area contributed by atoms with Crippen LogP contribution in [-0.4, -0.2) is 24.8 Å². The summed E-state index contributed by atoms with van der Waals surface area (Å²) in [6.45, 7) is 5.97. The minimum atomic E-state index is -0.177. The Balaban J connectivity index is 1.21. The lowest BCUT2D eigenvalue weighted by atomic mass is 9.50. The topological polar surface area (TPSA) is 76.7 Å². The number of allylic oxidation sites excluding steroid dienone is 2. The summed E-state index contributed by atoms with van der Waals surface area (Å²) in [5.41, 5.74) is 2.23. The molecular weight excluding hydrogens is 416 g/mol. The maximum Gasteiger partial charge on any atom is 0.224 e. The van der Waals surface area contributed by atoms with Gasteiger partial charge in [0.25, 0.3) is 0 Å². The highest BCUT2D eigenvalue weighted by Crippen LogP contribution is 2.64. The second kappa shape index (κ2) is 7.59. The molecule has 1 amide bonds. The van der Waals surface area contributed by atoms with Crippen molar-refractivity contribution in [3.05, 3.63) is 41.6 Å². The fourth-order valence-corrected chi connectivity index (χ4v) is 8.07. The van der Waals surface area contributed by atoms with E-state index in [0.717, 1.165) is 49.9 Å². The molecule has 6 rings (SSSR count). The van der Waals surface area contributed by atoms with Gasteiger partial charge in [0.1, 0.15) is 6.61 Å². The molecule has 0 radical (unpaired) electrons. The molecule has 2 saturated carbocycles. The Bertz CT molecular complexity index is 1020. The Morgan fingerprint density at radius 3 is 2.85 bits per heavy atom. The number of benzene rings is 1. The smallest absolute Gasteiger partial charge is 0.224 e. The fraction of sp³-hybridized carbons (Fsp3) is 0.630. The maximum absolute atomic E-state index is 13.6. The molecule has 2 N–H and O–H groups in total. The van der Waals surface area contributed by atoms with Crippen LogP contribution >= 0.6 is 0 Å². The lowest BCUT2D eigenvalue weighted by molar-refractivity contribution is -0.223. The molecule has 0 spiro atoms. The molecular formula is C27H34N2O4. The summed E-state index contributed by atoms with van der Waals surface area (Å²) < 4.78 is 0. The van der Waals surface area contributed by atoms with E-state index in [1.807, 2.05) is 30.3 Å². The van der Waals surface area contributed by atoms with Crippen LogP contribution < -0.4 is 15.5 Å². The molecule has 2 heterocycles. The molecule has 1 aromatic rings. The Labute approximate surface area is 195 Å². The number of ketones is 1. The van der Waals surface area contributed by atoms with Crippen molar-refractivity contribution in [3.8, 4) is 5.75 Å². The van der Waals surface area contributed by atoms with Crippen molar-refractivity contribution in [1.29, 1.82) is 0 Å². The van der Waals surface area contributed by atoms with Gasteiger partial charge in [-0.05, 0) is 61.3 Å². The molecule has 6 heteroatoms. The normalized spacial score (nSPS) is 41.3. The highest BCUT2D eigenvalue weighted by atomic mass is 17.2. The third-order valence-corrected chi connectivity index (χ3v) is 9.91. The highest BCUT2D eigenvalue weighted by molar-refractivity contribution is 5.91. The average Bonchev–Trinajstić information content (AvgIpc) is 3.17. The van der Waals surface area contributed by atoms with Gasteiger partial charge < -0.3 is 15.5 Å². The van der Waals surface area contributed by atoms with E-state index in [-0.39, 0.29) is 34.5 Å². The van der Waals surface area contributed by atoms with Crippen molar-refractivity contribution < 1.29 is 19.4 Å². The molecule has 6 nitrogen and oxygen atoms in total. The van der Waals surface area contributed by atoms with Crippen LogP contribution in [0.1, 0.15) is 64.0 Å². The zero-order chi connectivity index (χ0) is 22.8. The summed E-state index contributed by atoms with van der Waals surface area (Å²) in [6.07, 6.45) is 7.73. The molecule has 33 heavy (non-hydrogen) atoms. The van der Waals surface area contributed by atoms with E-state index in [0.29, 0.717) is 36.5 Å². The lowest BCUT2D eigenvalue weighted by Crippen LogP contribution is -2.57. The van der Waals surface area contributed by atoms with Gasteiger partial charge in [0.2, 0.25) is 5.91 Å². The Morgan fingerprint density at radius 2 is 1.97 bits per heavy atom. The minimum Gasteiger partial charge on any atom is -0.387 e. The standard InChI is InChI=1S/C27H34N2O4/c1-26-12-10-20-18(14-28-24-13-16(30)9-11-27(20,24)2)19(26)7-8-21(26)25(31)29-22-15-32-33-23-6-4-3-5-17(22)23/h3-6,13,18-22,28H,7-12,14-15H2,1-2H3,(H,29,31)/t18-,19-,20-,21+,22?,26-,27+/m0/s1. The van der Waals surface area contributed by atoms with Gasteiger partial charge in [-0.25, -0.2) is 0 Å². The number of carbonyl (C=O) groups excluding carboxylic acids is 2. The molecule has 2 aliphatic heterocycles. The van der Waals surface area contributed by atoms with Crippen molar-refractivity contribution in [1.82, 2.24) is 10.6 Å². The average molecular weight is 451 g/mol. The van der Waals surface area contributed by atoms with E-state index >= 15 is 0 Å². The lowest BCUT2D eigenvalue weighted by Gasteiger charge is -2.58. The SMILES string of the molecule is C[C@]12CC[C@H]3[C@@H](CNC4=CC(=O)CC[C@@]43C)[C@@H]1CC[C@@H]2C(=O)NC1COOc2ccccc21. The molecule has 0 bridgehead atoms. The van der Waals surface area contributed by atoms with Crippen molar-refractivity contribution >= 4 is 11.7 Å². The van der Waals surface area contributed by atoms with Gasteiger partial charge in [-0.3, -0.25) is 9.59 Å². The second-order valence-electron chi connectivity index (χ2n) is 11.3. The monoisotopic (exact) mass is 450 g/mol. The predicted octanol–water partition coefficient (Wildman–Crippen LogP) is 4.08. The van der Waals surface area contributed by atoms with Gasteiger partial charge in [0.15, 0.2) is 11.5 Å². The van der Waals surface area contributed by atoms with Crippen molar-refractivity contribution in [2.45, 2.75) is 58.4 Å². The number of piperidine rings is 1. The maximum atomic E-state index is 13.6. The molecule has 3 aliphatic carbocycles. The van der Waals surface area contributed by atoms with Gasteiger partial charge in [-0.15, -0.1) is 0 Å². The minimum absolute atomic E-state index is 0.0144. The van der Waals surface area contributed by atoms with Gasteiger partial charge >= 0.3 is 0 Å². The Kier molecular flexibility index (Phi) is 4.88. The summed E-state index contributed by atoms with van der Waals surface area (Å²) in [5, 5.41) is 6.95. The van der Waals surface area contributed by atoms with Crippen LogP contribution in [0.5, 0.6) is 5.75 Å². The second-order valence-corrected chi connectivity index (χ2v) is 11.3. The molecule has 0 aromatic heterocycles. The number of hydrogen-bond donors (Lipinski definition) is 2. The first-order chi connectivity index (χ1) is 15.9. The van der Waals surface area contributed by atoms with E-state index in [1.54, 1.807) is 0 Å². The first-order valence-corrected chi connectivity index (χ1v) is 12.6. The van der Waals surface area contributed by atoms with Gasteiger partial charge in [-0.2, -0.15) is 4.89 Å². The predicted molar refractivity (Wildman–Crippen MR) is 123 cm³/mol. The van der Waals surface area contributed by atoms with Crippen LogP contribution in [0.2, 0.25) is 0 Å². The number of fused-ring (bicyclic) bond motifs is 6. The Hall–Kier alpha value is -2.34. The first-order valence-electron chi connectivity index (χ1n) is 12.6. The van der Waals surface area contributed by atoms with E-state index in [2.05, 4.69) is 24.5 Å². The zero-order valence-corrected chi connectivity index (χ0v) is 19.6. The number of rotatable bonds is 2.